The first-order chi connectivity index (χ1) is 6.15. The third kappa shape index (κ3) is 2.77. The van der Waals surface area contributed by atoms with Crippen molar-refractivity contribution in [2.24, 2.45) is 5.92 Å². The van der Waals surface area contributed by atoms with E-state index in [9.17, 15) is 9.00 Å². The highest BCUT2D eigenvalue weighted by Crippen LogP contribution is 2.08. The van der Waals surface area contributed by atoms with Gasteiger partial charge < -0.3 is 10.6 Å². The minimum Gasteiger partial charge on any atom is -0.358 e. The second-order valence-electron chi connectivity index (χ2n) is 3.33. The lowest BCUT2D eigenvalue weighted by molar-refractivity contribution is -0.119. The molecule has 76 valence electrons. The Balaban J connectivity index is 2.32. The summed E-state index contributed by atoms with van der Waals surface area (Å²) in [5.41, 5.74) is 0. The van der Waals surface area contributed by atoms with Crippen molar-refractivity contribution in [3.8, 4) is 0 Å². The van der Waals surface area contributed by atoms with Crippen molar-refractivity contribution in [1.29, 1.82) is 0 Å². The normalized spacial score (nSPS) is 21.7. The fraction of sp³-hybridized carbons (Fsp3) is 0.875. The van der Waals surface area contributed by atoms with Crippen LogP contribution in [0.1, 0.15) is 6.92 Å². The molecule has 1 aliphatic rings. The van der Waals surface area contributed by atoms with Gasteiger partial charge >= 0.3 is 0 Å². The van der Waals surface area contributed by atoms with Gasteiger partial charge in [-0.1, -0.05) is 0 Å². The van der Waals surface area contributed by atoms with E-state index in [1.807, 2.05) is 0 Å². The number of amides is 1. The molecule has 2 atom stereocenters. The lowest BCUT2D eigenvalue weighted by atomic mass is 10.1. The lowest BCUT2D eigenvalue weighted by Crippen LogP contribution is -2.46. The maximum Gasteiger partial charge on any atom is 0.235 e. The van der Waals surface area contributed by atoms with Gasteiger partial charge in [-0.3, -0.25) is 9.00 Å². The number of hydrogen-bond acceptors (Lipinski definition) is 3. The summed E-state index contributed by atoms with van der Waals surface area (Å²) >= 11 is 0. The van der Waals surface area contributed by atoms with Gasteiger partial charge in [-0.05, 0) is 12.8 Å². The van der Waals surface area contributed by atoms with Crippen molar-refractivity contribution in [3.05, 3.63) is 0 Å². The Morgan fingerprint density at radius 2 is 2.31 bits per heavy atom. The van der Waals surface area contributed by atoms with E-state index in [2.05, 4.69) is 10.6 Å². The Labute approximate surface area is 80.9 Å². The van der Waals surface area contributed by atoms with Crippen LogP contribution >= 0.6 is 0 Å². The minimum absolute atomic E-state index is 0.134. The Kier molecular flexibility index (Phi) is 3.87. The molecule has 0 aromatic rings. The molecule has 0 aromatic heterocycles. The van der Waals surface area contributed by atoms with Crippen LogP contribution in [0.3, 0.4) is 0 Å². The molecule has 0 aromatic carbocycles. The van der Waals surface area contributed by atoms with Crippen LogP contribution in [0.15, 0.2) is 0 Å². The third-order valence-electron chi connectivity index (χ3n) is 2.28. The van der Waals surface area contributed by atoms with E-state index < -0.39 is 10.8 Å². The van der Waals surface area contributed by atoms with Crippen LogP contribution in [0.25, 0.3) is 0 Å². The fourth-order valence-corrected chi connectivity index (χ4v) is 2.51. The molecule has 1 heterocycles. The van der Waals surface area contributed by atoms with E-state index in [-0.39, 0.29) is 11.2 Å². The summed E-state index contributed by atoms with van der Waals surface area (Å²) in [6, 6.07) is 0. The van der Waals surface area contributed by atoms with Crippen molar-refractivity contribution in [2.45, 2.75) is 12.2 Å². The number of carbonyl (C=O) groups is 1. The highest BCUT2D eigenvalue weighted by atomic mass is 32.2. The molecule has 2 unspecified atom stereocenters. The van der Waals surface area contributed by atoms with Crippen LogP contribution in [0, 0.1) is 5.92 Å². The highest BCUT2D eigenvalue weighted by Gasteiger charge is 2.25. The van der Waals surface area contributed by atoms with Crippen molar-refractivity contribution in [3.63, 3.8) is 0 Å². The van der Waals surface area contributed by atoms with E-state index in [0.717, 1.165) is 13.1 Å². The summed E-state index contributed by atoms with van der Waals surface area (Å²) in [5, 5.41) is 5.24. The third-order valence-corrected chi connectivity index (χ3v) is 4.08. The average molecular weight is 204 g/mol. The van der Waals surface area contributed by atoms with Gasteiger partial charge in [-0.25, -0.2) is 0 Å². The van der Waals surface area contributed by atoms with Gasteiger partial charge in [0.2, 0.25) is 5.91 Å². The molecular weight excluding hydrogens is 188 g/mol. The molecule has 0 bridgehead atoms. The summed E-state index contributed by atoms with van der Waals surface area (Å²) in [4.78, 5) is 11.1. The van der Waals surface area contributed by atoms with Crippen molar-refractivity contribution < 1.29 is 9.00 Å². The first-order valence-electron chi connectivity index (χ1n) is 4.44. The van der Waals surface area contributed by atoms with E-state index in [1.165, 1.54) is 0 Å². The first kappa shape index (κ1) is 10.7. The van der Waals surface area contributed by atoms with Gasteiger partial charge in [0.15, 0.2) is 0 Å². The Bertz CT molecular complexity index is 216. The molecule has 13 heavy (non-hydrogen) atoms. The Hall–Kier alpha value is -0.420. The van der Waals surface area contributed by atoms with Gasteiger partial charge in [0.1, 0.15) is 5.25 Å². The molecule has 0 saturated carbocycles. The first-order valence-corrected chi connectivity index (χ1v) is 5.83. The summed E-state index contributed by atoms with van der Waals surface area (Å²) < 4.78 is 11.6. The molecule has 0 spiro atoms. The number of carbonyl (C=O) groups excluding carboxylic acids is 1. The minimum atomic E-state index is -1.03. The second-order valence-corrected chi connectivity index (χ2v) is 5.13. The summed E-state index contributed by atoms with van der Waals surface area (Å²) in [6.07, 6.45) is 0. The molecule has 1 rings (SSSR count). The standard InChI is InChI=1S/C8H16N2O2S/c1-6(8(11)9-2)13(12)5-7-3-10-4-7/h6-7,10H,3-5H2,1-2H3,(H,9,11). The zero-order chi connectivity index (χ0) is 9.84. The summed E-state index contributed by atoms with van der Waals surface area (Å²) in [6.45, 7) is 3.58. The van der Waals surface area contributed by atoms with E-state index in [4.69, 9.17) is 0 Å². The number of rotatable bonds is 4. The zero-order valence-corrected chi connectivity index (χ0v) is 8.82. The van der Waals surface area contributed by atoms with Crippen LogP contribution in [-0.2, 0) is 15.6 Å². The quantitative estimate of drug-likeness (QED) is 0.623. The molecule has 0 radical (unpaired) electrons. The predicted octanol–water partition coefficient (Wildman–Crippen LogP) is -0.911. The molecule has 1 amide bonds. The average Bonchev–Trinajstić information content (AvgIpc) is 2.08. The zero-order valence-electron chi connectivity index (χ0n) is 8.00. The molecule has 1 fully saturated rings. The van der Waals surface area contributed by atoms with Gasteiger partial charge in [0, 0.05) is 36.7 Å². The fourth-order valence-electron chi connectivity index (χ4n) is 1.17. The Morgan fingerprint density at radius 1 is 1.69 bits per heavy atom. The molecule has 1 aliphatic heterocycles. The van der Waals surface area contributed by atoms with Crippen LogP contribution < -0.4 is 10.6 Å². The molecule has 1 saturated heterocycles. The monoisotopic (exact) mass is 204 g/mol. The lowest BCUT2D eigenvalue weighted by Gasteiger charge is -2.27. The summed E-state index contributed by atoms with van der Waals surface area (Å²) in [5.74, 6) is 1.00. The topological polar surface area (TPSA) is 58.2 Å². The van der Waals surface area contributed by atoms with Crippen LogP contribution in [-0.4, -0.2) is 41.3 Å². The van der Waals surface area contributed by atoms with E-state index in [0.29, 0.717) is 11.7 Å². The van der Waals surface area contributed by atoms with Gasteiger partial charge in [0.25, 0.3) is 0 Å². The Morgan fingerprint density at radius 3 is 2.69 bits per heavy atom. The maximum atomic E-state index is 11.6. The van der Waals surface area contributed by atoms with Crippen LogP contribution in [0.4, 0.5) is 0 Å². The van der Waals surface area contributed by atoms with Gasteiger partial charge in [0.05, 0.1) is 0 Å². The van der Waals surface area contributed by atoms with E-state index in [1.54, 1.807) is 14.0 Å². The highest BCUT2D eigenvalue weighted by molar-refractivity contribution is 7.86. The number of hydrogen-bond donors (Lipinski definition) is 2. The molecule has 4 nitrogen and oxygen atoms in total. The smallest absolute Gasteiger partial charge is 0.235 e. The second kappa shape index (κ2) is 4.72. The molecule has 0 aliphatic carbocycles. The van der Waals surface area contributed by atoms with Crippen molar-refractivity contribution in [1.82, 2.24) is 10.6 Å². The largest absolute Gasteiger partial charge is 0.358 e. The number of nitrogens with one attached hydrogen (secondary N) is 2. The van der Waals surface area contributed by atoms with Crippen molar-refractivity contribution >= 4 is 16.7 Å². The van der Waals surface area contributed by atoms with Crippen LogP contribution in [0.5, 0.6) is 0 Å². The van der Waals surface area contributed by atoms with E-state index >= 15 is 0 Å². The SMILES string of the molecule is CNC(=O)C(C)S(=O)CC1CNC1. The van der Waals surface area contributed by atoms with Gasteiger partial charge in [-0.15, -0.1) is 0 Å². The molecule has 2 N–H and O–H groups in total. The van der Waals surface area contributed by atoms with Gasteiger partial charge in [-0.2, -0.15) is 0 Å². The van der Waals surface area contributed by atoms with Crippen LogP contribution in [0.2, 0.25) is 0 Å². The predicted molar refractivity (Wildman–Crippen MR) is 52.9 cm³/mol. The maximum absolute atomic E-state index is 11.6. The summed E-state index contributed by atoms with van der Waals surface area (Å²) in [7, 11) is 0.545. The molecule has 5 heteroatoms. The molecular formula is C8H16N2O2S. The van der Waals surface area contributed by atoms with Crippen molar-refractivity contribution in [2.75, 3.05) is 25.9 Å².